The minimum Gasteiger partial charge on any atom is -0.309 e. The van der Waals surface area contributed by atoms with Crippen molar-refractivity contribution in [3.05, 3.63) is 109 Å². The van der Waals surface area contributed by atoms with Gasteiger partial charge < -0.3 is 4.57 Å². The maximum absolute atomic E-state index is 5.03. The summed E-state index contributed by atoms with van der Waals surface area (Å²) < 4.78 is 6.30. The highest BCUT2D eigenvalue weighted by molar-refractivity contribution is 7.28. The van der Waals surface area contributed by atoms with Gasteiger partial charge in [-0.05, 0) is 54.6 Å². The molecule has 0 atom stereocenters. The van der Waals surface area contributed by atoms with E-state index in [2.05, 4.69) is 114 Å². The van der Waals surface area contributed by atoms with Crippen LogP contribution in [0.3, 0.4) is 0 Å². The van der Waals surface area contributed by atoms with E-state index in [4.69, 9.17) is 4.98 Å². The summed E-state index contributed by atoms with van der Waals surface area (Å²) in [5.41, 5.74) is 5.86. The van der Waals surface area contributed by atoms with E-state index in [-0.39, 0.29) is 0 Å². The summed E-state index contributed by atoms with van der Waals surface area (Å²) >= 11 is 3.66. The molecule has 0 spiro atoms. The maximum atomic E-state index is 5.03. The van der Waals surface area contributed by atoms with Crippen LogP contribution in [0.5, 0.6) is 0 Å². The molecule has 0 radical (unpaired) electrons. The SMILES string of the molecule is c1ccc2c(c1)sc1ccc3nc(-c4ccc(-n5c6ccccc6c6ccccc65)cc4)sc3c12. The van der Waals surface area contributed by atoms with Crippen LogP contribution >= 0.6 is 22.7 Å². The van der Waals surface area contributed by atoms with Gasteiger partial charge >= 0.3 is 0 Å². The predicted octanol–water partition coefficient (Wildman–Crippen LogP) is 9.43. The van der Waals surface area contributed by atoms with Crippen LogP contribution in [0.25, 0.3) is 68.5 Å². The van der Waals surface area contributed by atoms with Gasteiger partial charge in [-0.2, -0.15) is 0 Å². The number of thiophene rings is 1. The van der Waals surface area contributed by atoms with Gasteiger partial charge in [-0.25, -0.2) is 4.98 Å². The first-order valence-corrected chi connectivity index (χ1v) is 13.3. The summed E-state index contributed by atoms with van der Waals surface area (Å²) in [4.78, 5) is 5.03. The molecule has 8 aromatic rings. The molecular weight excluding hydrogens is 464 g/mol. The topological polar surface area (TPSA) is 17.8 Å². The molecule has 0 saturated carbocycles. The highest BCUT2D eigenvalue weighted by Crippen LogP contribution is 2.42. The van der Waals surface area contributed by atoms with Crippen LogP contribution in [0.4, 0.5) is 0 Å². The standard InChI is InChI=1S/C31H18N2S2/c1-4-10-25-21(7-1)22-8-2-5-11-26(22)33(25)20-15-13-19(14-16-20)31-32-24-17-18-28-29(30(24)35-31)23-9-3-6-12-27(23)34-28/h1-18H. The minimum absolute atomic E-state index is 1.07. The zero-order chi connectivity index (χ0) is 22.9. The molecule has 0 bridgehead atoms. The molecule has 164 valence electrons. The van der Waals surface area contributed by atoms with Crippen molar-refractivity contribution in [2.24, 2.45) is 0 Å². The number of benzene rings is 5. The molecule has 2 nitrogen and oxygen atoms in total. The van der Waals surface area contributed by atoms with Crippen LogP contribution in [-0.2, 0) is 0 Å². The average Bonchev–Trinajstić information content (AvgIpc) is 3.60. The van der Waals surface area contributed by atoms with E-state index in [9.17, 15) is 0 Å². The van der Waals surface area contributed by atoms with Gasteiger partial charge in [0, 0.05) is 42.2 Å². The van der Waals surface area contributed by atoms with E-state index >= 15 is 0 Å². The number of nitrogens with zero attached hydrogens (tertiary/aromatic N) is 2. The molecular formula is C31H18N2S2. The monoisotopic (exact) mass is 482 g/mol. The predicted molar refractivity (Wildman–Crippen MR) is 152 cm³/mol. The number of aromatic nitrogens is 2. The van der Waals surface area contributed by atoms with Gasteiger partial charge in [0.25, 0.3) is 0 Å². The molecule has 0 N–H and O–H groups in total. The Labute approximate surface area is 209 Å². The van der Waals surface area contributed by atoms with Crippen LogP contribution in [0, 0.1) is 0 Å². The third kappa shape index (κ3) is 2.78. The molecule has 5 aromatic carbocycles. The van der Waals surface area contributed by atoms with Crippen LogP contribution in [0.1, 0.15) is 0 Å². The molecule has 4 heteroatoms. The Morgan fingerprint density at radius 1 is 0.543 bits per heavy atom. The molecule has 0 amide bonds. The molecule has 0 saturated heterocycles. The Bertz CT molecular complexity index is 2000. The van der Waals surface area contributed by atoms with E-state index in [1.165, 1.54) is 52.4 Å². The van der Waals surface area contributed by atoms with E-state index < -0.39 is 0 Å². The number of thiazole rings is 1. The number of para-hydroxylation sites is 2. The van der Waals surface area contributed by atoms with Crippen molar-refractivity contribution < 1.29 is 0 Å². The first kappa shape index (κ1) is 19.3. The molecule has 0 fully saturated rings. The van der Waals surface area contributed by atoms with E-state index in [1.54, 1.807) is 11.3 Å². The van der Waals surface area contributed by atoms with Crippen molar-refractivity contribution >= 4 is 74.9 Å². The molecule has 3 heterocycles. The first-order valence-electron chi connectivity index (χ1n) is 11.6. The maximum Gasteiger partial charge on any atom is 0.124 e. The van der Waals surface area contributed by atoms with Crippen LogP contribution < -0.4 is 0 Å². The Morgan fingerprint density at radius 2 is 1.20 bits per heavy atom. The zero-order valence-corrected chi connectivity index (χ0v) is 20.2. The largest absolute Gasteiger partial charge is 0.309 e. The van der Waals surface area contributed by atoms with Gasteiger partial charge in [0.2, 0.25) is 0 Å². The lowest BCUT2D eigenvalue weighted by Gasteiger charge is -2.08. The Hall–Kier alpha value is -3.99. The second-order valence-corrected chi connectivity index (χ2v) is 10.9. The zero-order valence-electron chi connectivity index (χ0n) is 18.6. The molecule has 0 unspecified atom stereocenters. The quantitative estimate of drug-likeness (QED) is 0.240. The number of fused-ring (bicyclic) bond motifs is 8. The number of hydrogen-bond acceptors (Lipinski definition) is 3. The van der Waals surface area contributed by atoms with Crippen molar-refractivity contribution in [1.82, 2.24) is 9.55 Å². The highest BCUT2D eigenvalue weighted by atomic mass is 32.1. The lowest BCUT2D eigenvalue weighted by atomic mass is 10.1. The van der Waals surface area contributed by atoms with Crippen molar-refractivity contribution in [3.8, 4) is 16.3 Å². The smallest absolute Gasteiger partial charge is 0.124 e. The fourth-order valence-corrected chi connectivity index (χ4v) is 7.58. The highest BCUT2D eigenvalue weighted by Gasteiger charge is 2.15. The molecule has 0 aliphatic rings. The second-order valence-electron chi connectivity index (χ2n) is 8.82. The third-order valence-corrected chi connectivity index (χ3v) is 9.12. The van der Waals surface area contributed by atoms with Gasteiger partial charge in [0.05, 0.1) is 21.3 Å². The summed E-state index contributed by atoms with van der Waals surface area (Å²) in [5.74, 6) is 0. The van der Waals surface area contributed by atoms with Crippen LogP contribution in [0.15, 0.2) is 109 Å². The molecule has 3 aromatic heterocycles. The summed E-state index contributed by atoms with van der Waals surface area (Å²) in [6.45, 7) is 0. The fraction of sp³-hybridized carbons (Fsp3) is 0. The summed E-state index contributed by atoms with van der Waals surface area (Å²) in [6.07, 6.45) is 0. The van der Waals surface area contributed by atoms with E-state index in [0.717, 1.165) is 16.1 Å². The molecule has 0 aliphatic heterocycles. The van der Waals surface area contributed by atoms with Gasteiger partial charge in [-0.1, -0.05) is 54.6 Å². The van der Waals surface area contributed by atoms with Crippen molar-refractivity contribution in [2.75, 3.05) is 0 Å². The van der Waals surface area contributed by atoms with E-state index in [1.807, 2.05) is 11.3 Å². The van der Waals surface area contributed by atoms with Gasteiger partial charge in [-0.3, -0.25) is 0 Å². The normalized spacial score (nSPS) is 12.0. The second kappa shape index (κ2) is 7.25. The number of hydrogen-bond donors (Lipinski definition) is 0. The Morgan fingerprint density at radius 3 is 1.94 bits per heavy atom. The van der Waals surface area contributed by atoms with Crippen LogP contribution in [-0.4, -0.2) is 9.55 Å². The molecule has 0 aliphatic carbocycles. The average molecular weight is 483 g/mol. The molecule has 35 heavy (non-hydrogen) atoms. The summed E-state index contributed by atoms with van der Waals surface area (Å²) in [6, 6.07) is 39.2. The van der Waals surface area contributed by atoms with Gasteiger partial charge in [0.15, 0.2) is 0 Å². The third-order valence-electron chi connectivity index (χ3n) is 6.85. The first-order chi connectivity index (χ1) is 17.3. The van der Waals surface area contributed by atoms with Gasteiger partial charge in [0.1, 0.15) is 5.01 Å². The lowest BCUT2D eigenvalue weighted by molar-refractivity contribution is 1.18. The minimum atomic E-state index is 1.07. The Kier molecular flexibility index (Phi) is 4.01. The summed E-state index contributed by atoms with van der Waals surface area (Å²) in [5, 5.41) is 6.30. The van der Waals surface area contributed by atoms with Crippen molar-refractivity contribution in [1.29, 1.82) is 0 Å². The van der Waals surface area contributed by atoms with Crippen molar-refractivity contribution in [3.63, 3.8) is 0 Å². The molecule has 8 rings (SSSR count). The fourth-order valence-electron chi connectivity index (χ4n) is 5.27. The van der Waals surface area contributed by atoms with E-state index in [0.29, 0.717) is 0 Å². The summed E-state index contributed by atoms with van der Waals surface area (Å²) in [7, 11) is 0. The van der Waals surface area contributed by atoms with Crippen LogP contribution in [0.2, 0.25) is 0 Å². The lowest BCUT2D eigenvalue weighted by Crippen LogP contribution is -1.93. The number of rotatable bonds is 2. The van der Waals surface area contributed by atoms with Crippen molar-refractivity contribution in [2.45, 2.75) is 0 Å². The Balaban J connectivity index is 1.29. The van der Waals surface area contributed by atoms with Gasteiger partial charge in [-0.15, -0.1) is 22.7 Å².